The van der Waals surface area contributed by atoms with E-state index in [1.807, 2.05) is 29.6 Å². The first kappa shape index (κ1) is 18.3. The monoisotopic (exact) mass is 415 g/mol. The molecule has 0 fully saturated rings. The van der Waals surface area contributed by atoms with E-state index in [4.69, 9.17) is 20.4 Å². The largest absolute Gasteiger partial charge is 0.459 e. The number of aromatic nitrogens is 2. The number of furan rings is 1. The Bertz CT molecular complexity index is 1140. The van der Waals surface area contributed by atoms with Crippen LogP contribution in [0.4, 0.5) is 0 Å². The number of hydrogen-bond acceptors (Lipinski definition) is 6. The number of amides is 1. The lowest BCUT2D eigenvalue weighted by molar-refractivity contribution is -0.122. The molecule has 0 radical (unpaired) electrons. The second-order valence-electron chi connectivity index (χ2n) is 5.86. The molecular formula is C19H14ClN3O4S. The van der Waals surface area contributed by atoms with Gasteiger partial charge in [0.15, 0.2) is 0 Å². The molecule has 3 aromatic heterocycles. The average Bonchev–Trinajstić information content (AvgIpc) is 3.42. The fourth-order valence-electron chi connectivity index (χ4n) is 2.53. The molecule has 0 aliphatic rings. The highest BCUT2D eigenvalue weighted by Gasteiger charge is 2.14. The van der Waals surface area contributed by atoms with Crippen LogP contribution in [0.1, 0.15) is 5.76 Å². The molecule has 1 N–H and O–H groups in total. The van der Waals surface area contributed by atoms with Gasteiger partial charge in [-0.25, -0.2) is 4.79 Å². The van der Waals surface area contributed by atoms with Crippen LogP contribution >= 0.6 is 22.9 Å². The van der Waals surface area contributed by atoms with Gasteiger partial charge < -0.3 is 14.2 Å². The molecule has 1 aromatic carbocycles. The van der Waals surface area contributed by atoms with Gasteiger partial charge >= 0.3 is 5.76 Å². The van der Waals surface area contributed by atoms with E-state index in [1.165, 1.54) is 11.3 Å². The van der Waals surface area contributed by atoms with Crippen LogP contribution in [0.15, 0.2) is 67.5 Å². The van der Waals surface area contributed by atoms with Crippen molar-refractivity contribution in [2.75, 3.05) is 0 Å². The molecule has 7 nitrogen and oxygen atoms in total. The Hall–Kier alpha value is -3.10. The summed E-state index contributed by atoms with van der Waals surface area (Å²) >= 11 is 7.28. The maximum atomic E-state index is 12.1. The number of hydrogen-bond donors (Lipinski definition) is 1. The number of rotatable bonds is 6. The summed E-state index contributed by atoms with van der Waals surface area (Å²) in [5.74, 6) is 0.407. The molecule has 3 heterocycles. The molecule has 1 amide bonds. The van der Waals surface area contributed by atoms with E-state index in [0.717, 1.165) is 15.1 Å². The van der Waals surface area contributed by atoms with Crippen molar-refractivity contribution in [1.82, 2.24) is 15.1 Å². The predicted molar refractivity (Wildman–Crippen MR) is 105 cm³/mol. The normalized spacial score (nSPS) is 10.9. The lowest BCUT2D eigenvalue weighted by Gasteiger charge is -2.02. The SMILES string of the molecule is O=C(Cn1nc(-c2cccs2)oc1=O)NCc1ccc(-c2ccc(Cl)cc2)o1. The van der Waals surface area contributed by atoms with Crippen molar-refractivity contribution in [2.24, 2.45) is 0 Å². The number of benzene rings is 1. The van der Waals surface area contributed by atoms with Gasteiger partial charge in [0.1, 0.15) is 18.1 Å². The third-order valence-corrected chi connectivity index (χ3v) is 4.99. The van der Waals surface area contributed by atoms with Crippen molar-refractivity contribution in [3.8, 4) is 22.1 Å². The van der Waals surface area contributed by atoms with Crippen molar-refractivity contribution >= 4 is 28.8 Å². The molecule has 0 saturated carbocycles. The van der Waals surface area contributed by atoms with Gasteiger partial charge in [-0.15, -0.1) is 16.4 Å². The van der Waals surface area contributed by atoms with Crippen LogP contribution in [-0.4, -0.2) is 15.7 Å². The van der Waals surface area contributed by atoms with Gasteiger partial charge in [-0.1, -0.05) is 17.7 Å². The molecule has 28 heavy (non-hydrogen) atoms. The van der Waals surface area contributed by atoms with Crippen LogP contribution in [0.2, 0.25) is 5.02 Å². The first-order valence-corrected chi connectivity index (χ1v) is 9.57. The molecule has 0 aliphatic heterocycles. The Morgan fingerprint density at radius 3 is 2.71 bits per heavy atom. The summed E-state index contributed by atoms with van der Waals surface area (Å²) in [6.07, 6.45) is 0. The van der Waals surface area contributed by atoms with Crippen LogP contribution in [0.5, 0.6) is 0 Å². The second-order valence-corrected chi connectivity index (χ2v) is 7.24. The van der Waals surface area contributed by atoms with Crippen molar-refractivity contribution in [1.29, 1.82) is 0 Å². The minimum Gasteiger partial charge on any atom is -0.459 e. The van der Waals surface area contributed by atoms with Gasteiger partial charge in [0.2, 0.25) is 5.91 Å². The lowest BCUT2D eigenvalue weighted by atomic mass is 10.2. The zero-order valence-corrected chi connectivity index (χ0v) is 16.0. The van der Waals surface area contributed by atoms with E-state index < -0.39 is 5.76 Å². The topological polar surface area (TPSA) is 90.3 Å². The Morgan fingerprint density at radius 1 is 1.14 bits per heavy atom. The van der Waals surface area contributed by atoms with Crippen LogP contribution < -0.4 is 11.1 Å². The molecule has 4 aromatic rings. The maximum absolute atomic E-state index is 12.1. The van der Waals surface area contributed by atoms with Crippen molar-refractivity contribution in [3.05, 3.63) is 75.2 Å². The Kier molecular flexibility index (Phi) is 5.14. The van der Waals surface area contributed by atoms with E-state index in [0.29, 0.717) is 16.5 Å². The second kappa shape index (κ2) is 7.87. The third kappa shape index (κ3) is 4.08. The summed E-state index contributed by atoms with van der Waals surface area (Å²) in [4.78, 5) is 24.7. The molecule has 0 spiro atoms. The Labute approximate surface area is 168 Å². The first-order valence-electron chi connectivity index (χ1n) is 8.32. The lowest BCUT2D eigenvalue weighted by Crippen LogP contribution is -2.31. The molecule has 0 saturated heterocycles. The highest BCUT2D eigenvalue weighted by Crippen LogP contribution is 2.24. The highest BCUT2D eigenvalue weighted by molar-refractivity contribution is 7.13. The average molecular weight is 416 g/mol. The van der Waals surface area contributed by atoms with Crippen LogP contribution in [0, 0.1) is 0 Å². The van der Waals surface area contributed by atoms with Crippen molar-refractivity contribution in [3.63, 3.8) is 0 Å². The standard InChI is InChI=1S/C19H14ClN3O4S/c20-13-5-3-12(4-6-13)15-8-7-14(26-15)10-21-17(24)11-23-19(25)27-18(22-23)16-2-1-9-28-16/h1-9H,10-11H2,(H,21,24). The van der Waals surface area contributed by atoms with Crippen LogP contribution in [0.25, 0.3) is 22.1 Å². The van der Waals surface area contributed by atoms with Gasteiger partial charge in [0, 0.05) is 10.6 Å². The van der Waals surface area contributed by atoms with Gasteiger partial charge in [-0.3, -0.25) is 4.79 Å². The number of nitrogens with one attached hydrogen (secondary N) is 1. The summed E-state index contributed by atoms with van der Waals surface area (Å²) in [5.41, 5.74) is 0.886. The van der Waals surface area contributed by atoms with E-state index in [1.54, 1.807) is 24.3 Å². The summed E-state index contributed by atoms with van der Waals surface area (Å²) in [7, 11) is 0. The van der Waals surface area contributed by atoms with Gasteiger partial charge in [0.25, 0.3) is 5.89 Å². The molecule has 0 atom stereocenters. The van der Waals surface area contributed by atoms with Crippen molar-refractivity contribution < 1.29 is 13.6 Å². The fraction of sp³-hybridized carbons (Fsp3) is 0.105. The number of nitrogens with zero attached hydrogens (tertiary/aromatic N) is 2. The molecule has 0 aliphatic carbocycles. The van der Waals surface area contributed by atoms with E-state index in [9.17, 15) is 9.59 Å². The maximum Gasteiger partial charge on any atom is 0.437 e. The van der Waals surface area contributed by atoms with Gasteiger partial charge in [-0.05, 0) is 47.8 Å². The number of halogens is 1. The molecular weight excluding hydrogens is 402 g/mol. The Balaban J connectivity index is 1.36. The smallest absolute Gasteiger partial charge is 0.437 e. The molecule has 142 valence electrons. The molecule has 9 heteroatoms. The minimum atomic E-state index is -0.679. The Morgan fingerprint density at radius 2 is 1.96 bits per heavy atom. The summed E-state index contributed by atoms with van der Waals surface area (Å²) in [5, 5.41) is 9.25. The van der Waals surface area contributed by atoms with E-state index >= 15 is 0 Å². The zero-order chi connectivity index (χ0) is 19.5. The number of thiophene rings is 1. The highest BCUT2D eigenvalue weighted by atomic mass is 35.5. The van der Waals surface area contributed by atoms with Crippen LogP contribution in [-0.2, 0) is 17.9 Å². The minimum absolute atomic E-state index is 0.191. The fourth-order valence-corrected chi connectivity index (χ4v) is 3.30. The van der Waals surface area contributed by atoms with Gasteiger partial charge in [0.05, 0.1) is 11.4 Å². The van der Waals surface area contributed by atoms with Crippen molar-refractivity contribution in [2.45, 2.75) is 13.1 Å². The third-order valence-electron chi connectivity index (χ3n) is 3.88. The first-order chi connectivity index (χ1) is 13.6. The van der Waals surface area contributed by atoms with Crippen LogP contribution in [0.3, 0.4) is 0 Å². The van der Waals surface area contributed by atoms with Gasteiger partial charge in [-0.2, -0.15) is 4.68 Å². The predicted octanol–water partition coefficient (Wildman–Crippen LogP) is 3.79. The number of carbonyl (C=O) groups is 1. The quantitative estimate of drug-likeness (QED) is 0.517. The molecule has 0 unspecified atom stereocenters. The van der Waals surface area contributed by atoms with E-state index in [2.05, 4.69) is 10.4 Å². The summed E-state index contributed by atoms with van der Waals surface area (Å²) in [6, 6.07) is 14.5. The zero-order valence-electron chi connectivity index (χ0n) is 14.4. The number of carbonyl (C=O) groups excluding carboxylic acids is 1. The summed E-state index contributed by atoms with van der Waals surface area (Å²) in [6.45, 7) is -0.0464. The molecule has 4 rings (SSSR count). The van der Waals surface area contributed by atoms with E-state index in [-0.39, 0.29) is 24.9 Å². The summed E-state index contributed by atoms with van der Waals surface area (Å²) < 4.78 is 11.8. The molecule has 0 bridgehead atoms.